The van der Waals surface area contributed by atoms with Crippen molar-refractivity contribution in [1.29, 1.82) is 0 Å². The van der Waals surface area contributed by atoms with Gasteiger partial charge in [0.2, 0.25) is 0 Å². The van der Waals surface area contributed by atoms with Gasteiger partial charge in [0.15, 0.2) is 5.78 Å². The monoisotopic (exact) mass is 214 g/mol. The lowest BCUT2D eigenvalue weighted by molar-refractivity contribution is 0.0969. The van der Waals surface area contributed by atoms with Gasteiger partial charge in [0.25, 0.3) is 0 Å². The molecule has 1 fully saturated rings. The Hall–Kier alpha value is -1.70. The molecule has 0 bridgehead atoms. The van der Waals surface area contributed by atoms with Crippen LogP contribution < -0.4 is 0 Å². The minimum Gasteiger partial charge on any atom is -0.294 e. The van der Waals surface area contributed by atoms with E-state index in [1.165, 1.54) is 6.07 Å². The Morgan fingerprint density at radius 2 is 1.75 bits per heavy atom. The van der Waals surface area contributed by atoms with Crippen LogP contribution in [0, 0.1) is 11.7 Å². The highest BCUT2D eigenvalue weighted by Crippen LogP contribution is 2.34. The maximum atomic E-state index is 13.5. The Labute approximate surface area is 92.9 Å². The SMILES string of the molecule is O=C(c1ccc(F)c2ccccc12)C1CC1. The van der Waals surface area contributed by atoms with Crippen molar-refractivity contribution in [2.24, 2.45) is 5.92 Å². The molecule has 80 valence electrons. The Morgan fingerprint density at radius 3 is 2.44 bits per heavy atom. The molecular weight excluding hydrogens is 203 g/mol. The van der Waals surface area contributed by atoms with E-state index >= 15 is 0 Å². The molecule has 0 saturated heterocycles. The number of carbonyl (C=O) groups is 1. The number of Topliss-reactive ketones (excluding diaryl/α,β-unsaturated/α-hetero) is 1. The molecule has 0 aromatic heterocycles. The van der Waals surface area contributed by atoms with E-state index in [1.807, 2.05) is 12.1 Å². The second-order valence-corrected chi connectivity index (χ2v) is 4.28. The fraction of sp³-hybridized carbons (Fsp3) is 0.214. The summed E-state index contributed by atoms with van der Waals surface area (Å²) >= 11 is 0. The van der Waals surface area contributed by atoms with Crippen LogP contribution in [0.2, 0.25) is 0 Å². The van der Waals surface area contributed by atoms with E-state index < -0.39 is 0 Å². The maximum Gasteiger partial charge on any atom is 0.166 e. The van der Waals surface area contributed by atoms with Crippen LogP contribution in [0.1, 0.15) is 23.2 Å². The van der Waals surface area contributed by atoms with Gasteiger partial charge in [0.05, 0.1) is 0 Å². The van der Waals surface area contributed by atoms with E-state index in [1.54, 1.807) is 18.2 Å². The average molecular weight is 214 g/mol. The van der Waals surface area contributed by atoms with Gasteiger partial charge in [0.1, 0.15) is 5.82 Å². The van der Waals surface area contributed by atoms with Gasteiger partial charge in [-0.15, -0.1) is 0 Å². The second-order valence-electron chi connectivity index (χ2n) is 4.28. The molecule has 1 saturated carbocycles. The number of halogens is 1. The summed E-state index contributed by atoms with van der Waals surface area (Å²) in [7, 11) is 0. The van der Waals surface area contributed by atoms with Crippen LogP contribution in [-0.4, -0.2) is 5.78 Å². The lowest BCUT2D eigenvalue weighted by Crippen LogP contribution is -2.02. The van der Waals surface area contributed by atoms with Gasteiger partial charge in [-0.2, -0.15) is 0 Å². The van der Waals surface area contributed by atoms with Gasteiger partial charge in [-0.3, -0.25) is 4.79 Å². The van der Waals surface area contributed by atoms with Gasteiger partial charge in [-0.1, -0.05) is 24.3 Å². The predicted molar refractivity (Wildman–Crippen MR) is 61.0 cm³/mol. The number of carbonyl (C=O) groups excluding carboxylic acids is 1. The Balaban J connectivity index is 2.24. The topological polar surface area (TPSA) is 17.1 Å². The molecule has 2 aromatic carbocycles. The smallest absolute Gasteiger partial charge is 0.166 e. The summed E-state index contributed by atoms with van der Waals surface area (Å²) in [5.41, 5.74) is 0.666. The third kappa shape index (κ3) is 1.42. The van der Waals surface area contributed by atoms with Crippen LogP contribution in [-0.2, 0) is 0 Å². The summed E-state index contributed by atoms with van der Waals surface area (Å²) in [6, 6.07) is 10.2. The number of benzene rings is 2. The molecule has 2 heteroatoms. The van der Waals surface area contributed by atoms with Gasteiger partial charge >= 0.3 is 0 Å². The fourth-order valence-electron chi connectivity index (χ4n) is 2.04. The molecule has 0 atom stereocenters. The van der Waals surface area contributed by atoms with Crippen LogP contribution in [0.5, 0.6) is 0 Å². The minimum atomic E-state index is -0.261. The molecule has 0 N–H and O–H groups in total. The van der Waals surface area contributed by atoms with E-state index in [4.69, 9.17) is 0 Å². The van der Waals surface area contributed by atoms with E-state index in [0.717, 1.165) is 18.2 Å². The van der Waals surface area contributed by atoms with Crippen molar-refractivity contribution < 1.29 is 9.18 Å². The summed E-state index contributed by atoms with van der Waals surface area (Å²) < 4.78 is 13.5. The van der Waals surface area contributed by atoms with Crippen molar-refractivity contribution in [1.82, 2.24) is 0 Å². The largest absolute Gasteiger partial charge is 0.294 e. The molecule has 0 aliphatic heterocycles. The molecule has 0 spiro atoms. The first kappa shape index (κ1) is 9.52. The summed E-state index contributed by atoms with van der Waals surface area (Å²) in [5, 5.41) is 1.27. The van der Waals surface area contributed by atoms with Gasteiger partial charge in [-0.05, 0) is 30.4 Å². The first-order valence-corrected chi connectivity index (χ1v) is 5.49. The Bertz CT molecular complexity index is 570. The number of rotatable bonds is 2. The lowest BCUT2D eigenvalue weighted by Gasteiger charge is -2.05. The molecule has 16 heavy (non-hydrogen) atoms. The molecule has 1 nitrogen and oxygen atoms in total. The fourth-order valence-corrected chi connectivity index (χ4v) is 2.04. The highest BCUT2D eigenvalue weighted by Gasteiger charge is 2.31. The zero-order valence-electron chi connectivity index (χ0n) is 8.74. The van der Waals surface area contributed by atoms with E-state index in [2.05, 4.69) is 0 Å². The first-order valence-electron chi connectivity index (χ1n) is 5.49. The number of hydrogen-bond acceptors (Lipinski definition) is 1. The first-order chi connectivity index (χ1) is 7.77. The van der Waals surface area contributed by atoms with Crippen LogP contribution in [0.15, 0.2) is 36.4 Å². The molecule has 0 radical (unpaired) electrons. The number of fused-ring (bicyclic) bond motifs is 1. The van der Waals surface area contributed by atoms with Crippen molar-refractivity contribution in [2.45, 2.75) is 12.8 Å². The average Bonchev–Trinajstić information content (AvgIpc) is 3.13. The van der Waals surface area contributed by atoms with Crippen molar-refractivity contribution in [3.8, 4) is 0 Å². The molecule has 0 heterocycles. The highest BCUT2D eigenvalue weighted by molar-refractivity contribution is 6.10. The highest BCUT2D eigenvalue weighted by atomic mass is 19.1. The number of ketones is 1. The zero-order valence-corrected chi connectivity index (χ0v) is 8.74. The summed E-state index contributed by atoms with van der Waals surface area (Å²) in [6.45, 7) is 0. The summed E-state index contributed by atoms with van der Waals surface area (Å²) in [6.07, 6.45) is 1.95. The van der Waals surface area contributed by atoms with E-state index in [-0.39, 0.29) is 17.5 Å². The molecule has 0 amide bonds. The maximum absolute atomic E-state index is 13.5. The Morgan fingerprint density at radius 1 is 1.06 bits per heavy atom. The van der Waals surface area contributed by atoms with E-state index in [9.17, 15) is 9.18 Å². The molecular formula is C14H11FO. The molecule has 2 aromatic rings. The number of hydrogen-bond donors (Lipinski definition) is 0. The third-order valence-corrected chi connectivity index (χ3v) is 3.08. The predicted octanol–water partition coefficient (Wildman–Crippen LogP) is 3.57. The van der Waals surface area contributed by atoms with Gasteiger partial charge in [0, 0.05) is 16.9 Å². The normalized spacial score (nSPS) is 15.3. The van der Waals surface area contributed by atoms with Gasteiger partial charge in [-0.25, -0.2) is 4.39 Å². The zero-order chi connectivity index (χ0) is 11.1. The molecule has 3 rings (SSSR count). The Kier molecular flexibility index (Phi) is 2.03. The van der Waals surface area contributed by atoms with Crippen molar-refractivity contribution in [2.75, 3.05) is 0 Å². The van der Waals surface area contributed by atoms with Crippen LogP contribution in [0.3, 0.4) is 0 Å². The molecule has 0 unspecified atom stereocenters. The van der Waals surface area contributed by atoms with E-state index in [0.29, 0.717) is 10.9 Å². The lowest BCUT2D eigenvalue weighted by atomic mass is 9.99. The summed E-state index contributed by atoms with van der Waals surface area (Å²) in [5.74, 6) is 0.0769. The molecule has 1 aliphatic carbocycles. The van der Waals surface area contributed by atoms with Gasteiger partial charge < -0.3 is 0 Å². The van der Waals surface area contributed by atoms with Crippen molar-refractivity contribution in [3.05, 3.63) is 47.8 Å². The quantitative estimate of drug-likeness (QED) is 0.698. The van der Waals surface area contributed by atoms with Crippen LogP contribution in [0.4, 0.5) is 4.39 Å². The third-order valence-electron chi connectivity index (χ3n) is 3.08. The molecule has 1 aliphatic rings. The van der Waals surface area contributed by atoms with Crippen molar-refractivity contribution in [3.63, 3.8) is 0 Å². The standard InChI is InChI=1S/C14H11FO/c15-13-8-7-12(14(16)9-5-6-9)10-3-1-2-4-11(10)13/h1-4,7-9H,5-6H2. The second kappa shape index (κ2) is 3.41. The van der Waals surface area contributed by atoms with Crippen molar-refractivity contribution >= 4 is 16.6 Å². The summed E-state index contributed by atoms with van der Waals surface area (Å²) in [4.78, 5) is 12.0. The van der Waals surface area contributed by atoms with Crippen LogP contribution >= 0.6 is 0 Å². The minimum absolute atomic E-state index is 0.163. The van der Waals surface area contributed by atoms with Crippen LogP contribution in [0.25, 0.3) is 10.8 Å².